The van der Waals surface area contributed by atoms with Gasteiger partial charge in [0.05, 0.1) is 10.7 Å². The first-order valence-corrected chi connectivity index (χ1v) is 11.9. The van der Waals surface area contributed by atoms with Crippen molar-refractivity contribution in [2.45, 2.75) is 42.8 Å². The molecule has 37 heavy (non-hydrogen) atoms. The molecule has 14 heteroatoms. The number of hydrogen-bond donors (Lipinski definition) is 3. The summed E-state index contributed by atoms with van der Waals surface area (Å²) < 4.78 is 108. The van der Waals surface area contributed by atoms with E-state index in [9.17, 15) is 39.9 Å². The fourth-order valence-electron chi connectivity index (χ4n) is 3.14. The van der Waals surface area contributed by atoms with Crippen molar-refractivity contribution in [2.24, 2.45) is 0 Å². The van der Waals surface area contributed by atoms with Gasteiger partial charge in [-0.05, 0) is 36.1 Å². The molecule has 2 rings (SSSR count). The van der Waals surface area contributed by atoms with Crippen LogP contribution in [0.5, 0.6) is 0 Å². The molecule has 0 saturated heterocycles. The molecule has 2 aromatic carbocycles. The number of carbonyl (C=O) groups is 1. The lowest BCUT2D eigenvalue weighted by Crippen LogP contribution is -2.50. The average Bonchev–Trinajstić information content (AvgIpc) is 2.82. The van der Waals surface area contributed by atoms with Gasteiger partial charge in [0, 0.05) is 47.0 Å². The number of alkyl halides is 7. The smallest absolute Gasteiger partial charge is 0.359 e. The third-order valence-corrected chi connectivity index (χ3v) is 6.22. The largest absolute Gasteiger partial charge is 0.435 e. The highest BCUT2D eigenvalue weighted by Gasteiger charge is 2.73. The number of benzene rings is 2. The Balaban J connectivity index is 2.49. The molecule has 202 valence electrons. The summed E-state index contributed by atoms with van der Waals surface area (Å²) >= 11 is 6.68. The van der Waals surface area contributed by atoms with E-state index in [-0.39, 0.29) is 46.7 Å². The molecule has 0 atom stereocenters. The Morgan fingerprint density at radius 3 is 2.22 bits per heavy atom. The minimum atomic E-state index is -6.30. The van der Waals surface area contributed by atoms with Gasteiger partial charge in [0.25, 0.3) is 0 Å². The number of amides is 1. The molecule has 3 N–H and O–H groups in total. The van der Waals surface area contributed by atoms with E-state index in [2.05, 4.69) is 10.6 Å². The van der Waals surface area contributed by atoms with E-state index < -0.39 is 34.4 Å². The van der Waals surface area contributed by atoms with Crippen LogP contribution in [-0.2, 0) is 17.0 Å². The van der Waals surface area contributed by atoms with Crippen LogP contribution in [-0.4, -0.2) is 30.7 Å². The zero-order valence-electron chi connectivity index (χ0n) is 19.2. The lowest BCUT2D eigenvalue weighted by molar-refractivity contribution is -0.348. The predicted molar refractivity (Wildman–Crippen MR) is 127 cm³/mol. The number of nitrogens with one attached hydrogen (secondary N) is 3. The lowest BCUT2D eigenvalue weighted by atomic mass is 9.94. The molecule has 0 aromatic heterocycles. The van der Waals surface area contributed by atoms with Crippen LogP contribution in [0, 0.1) is 11.2 Å². The summed E-state index contributed by atoms with van der Waals surface area (Å²) in [5.41, 5.74) is -6.98. The predicted octanol–water partition coefficient (Wildman–Crippen LogP) is 7.62. The van der Waals surface area contributed by atoms with Crippen molar-refractivity contribution in [3.05, 3.63) is 64.1 Å². The van der Waals surface area contributed by atoms with Gasteiger partial charge in [0.2, 0.25) is 5.91 Å². The van der Waals surface area contributed by atoms with Gasteiger partial charge in [-0.25, -0.2) is 8.78 Å². The van der Waals surface area contributed by atoms with Crippen molar-refractivity contribution in [1.82, 2.24) is 5.32 Å². The molecule has 4 nitrogen and oxygen atoms in total. The van der Waals surface area contributed by atoms with Crippen LogP contribution >= 0.6 is 23.4 Å². The minimum absolute atomic E-state index is 0.109. The zero-order valence-corrected chi connectivity index (χ0v) is 20.7. The van der Waals surface area contributed by atoms with Gasteiger partial charge in [-0.3, -0.25) is 4.79 Å². The van der Waals surface area contributed by atoms with E-state index in [0.717, 1.165) is 12.3 Å². The fourth-order valence-corrected chi connectivity index (χ4v) is 4.08. The molecule has 0 unspecified atom stereocenters. The highest BCUT2D eigenvalue weighted by atomic mass is 35.5. The Hall–Kier alpha value is -2.80. The van der Waals surface area contributed by atoms with E-state index in [0.29, 0.717) is 23.4 Å². The highest BCUT2D eigenvalue weighted by molar-refractivity contribution is 7.98. The first-order chi connectivity index (χ1) is 17.1. The number of carbonyl (C=O) groups excluding carboxylic acids is 1. The quantitative estimate of drug-likeness (QED) is 0.164. The van der Waals surface area contributed by atoms with Gasteiger partial charge in [-0.15, -0.1) is 11.8 Å². The average molecular weight is 574 g/mol. The summed E-state index contributed by atoms with van der Waals surface area (Å²) in [6.07, 6.45) is -9.06. The van der Waals surface area contributed by atoms with Crippen molar-refractivity contribution >= 4 is 46.7 Å². The molecule has 0 aliphatic heterocycles. The van der Waals surface area contributed by atoms with Crippen LogP contribution in [0.3, 0.4) is 0 Å². The molecule has 2 aromatic rings. The van der Waals surface area contributed by atoms with Gasteiger partial charge < -0.3 is 16.0 Å². The molecule has 0 aliphatic carbocycles. The SMILES string of the molecule is CCC(=O)NCc1cc(/C(C=N)=C/Nc2c(Cl)cc(C(F)(C(F)(F)F)C(F)(F)F)cc2SC)ccc1F. The number of allylic oxidation sites excluding steroid dienone is 1. The number of rotatable bonds is 9. The van der Waals surface area contributed by atoms with Gasteiger partial charge in [0.15, 0.2) is 0 Å². The normalized spacial score (nSPS) is 12.9. The number of anilines is 1. The minimum Gasteiger partial charge on any atom is -0.359 e. The topological polar surface area (TPSA) is 65.0 Å². The third kappa shape index (κ3) is 6.56. The van der Waals surface area contributed by atoms with Crippen molar-refractivity contribution in [1.29, 1.82) is 5.41 Å². The van der Waals surface area contributed by atoms with Gasteiger partial charge in [-0.1, -0.05) is 24.6 Å². The van der Waals surface area contributed by atoms with E-state index in [1.165, 1.54) is 24.6 Å². The Bertz CT molecular complexity index is 1180. The van der Waals surface area contributed by atoms with E-state index in [4.69, 9.17) is 17.0 Å². The molecule has 0 bridgehead atoms. The Labute approximate surface area is 216 Å². The van der Waals surface area contributed by atoms with E-state index in [1.54, 1.807) is 6.92 Å². The molecule has 0 spiro atoms. The summed E-state index contributed by atoms with van der Waals surface area (Å²) in [4.78, 5) is 11.2. The first-order valence-electron chi connectivity index (χ1n) is 10.3. The Morgan fingerprint density at radius 1 is 1.08 bits per heavy atom. The number of halogens is 9. The summed E-state index contributed by atoms with van der Waals surface area (Å²) in [5, 5.41) is 12.1. The monoisotopic (exact) mass is 573 g/mol. The van der Waals surface area contributed by atoms with Crippen LogP contribution in [0.2, 0.25) is 5.02 Å². The van der Waals surface area contributed by atoms with Crippen molar-refractivity contribution in [2.75, 3.05) is 11.6 Å². The van der Waals surface area contributed by atoms with E-state index in [1.807, 2.05) is 0 Å². The Morgan fingerprint density at radius 2 is 1.70 bits per heavy atom. The Kier molecular flexibility index (Phi) is 9.64. The number of thioether (sulfide) groups is 1. The molecule has 0 saturated carbocycles. The highest BCUT2D eigenvalue weighted by Crippen LogP contribution is 2.54. The maximum absolute atomic E-state index is 14.5. The van der Waals surface area contributed by atoms with Crippen LogP contribution in [0.1, 0.15) is 30.0 Å². The van der Waals surface area contributed by atoms with Crippen molar-refractivity contribution < 1.29 is 39.9 Å². The second kappa shape index (κ2) is 11.7. The van der Waals surface area contributed by atoms with Crippen LogP contribution in [0.15, 0.2) is 41.4 Å². The maximum atomic E-state index is 14.5. The summed E-state index contributed by atoms with van der Waals surface area (Å²) in [7, 11) is 0. The van der Waals surface area contributed by atoms with Crippen molar-refractivity contribution in [3.8, 4) is 0 Å². The molecule has 0 heterocycles. The van der Waals surface area contributed by atoms with Crippen LogP contribution < -0.4 is 10.6 Å². The molecule has 0 radical (unpaired) electrons. The van der Waals surface area contributed by atoms with Gasteiger partial charge in [-0.2, -0.15) is 26.3 Å². The maximum Gasteiger partial charge on any atom is 0.435 e. The van der Waals surface area contributed by atoms with Crippen molar-refractivity contribution in [3.63, 3.8) is 0 Å². The zero-order chi connectivity index (χ0) is 28.2. The number of hydrogen-bond acceptors (Lipinski definition) is 4. The second-order valence-electron chi connectivity index (χ2n) is 7.51. The summed E-state index contributed by atoms with van der Waals surface area (Å²) in [6.45, 7) is 1.49. The van der Waals surface area contributed by atoms with E-state index >= 15 is 0 Å². The standard InChI is InChI=1S/C23H20ClF8N3OS/c1-3-19(36)34-10-13-6-12(4-5-17(13)25)14(9-33)11-35-20-16(24)7-15(8-18(20)37-2)21(26,22(27,28)29)23(30,31)32/h4-9,11,33,35H,3,10H2,1-2H3,(H,34,36)/b14-11+,33-9?. The van der Waals surface area contributed by atoms with Crippen LogP contribution in [0.25, 0.3) is 5.57 Å². The molecule has 1 amide bonds. The summed E-state index contributed by atoms with van der Waals surface area (Å²) in [5.74, 6) is -0.935. The molecular formula is C23H20ClF8N3OS. The molecular weight excluding hydrogens is 554 g/mol. The van der Waals surface area contributed by atoms with Gasteiger partial charge >= 0.3 is 18.0 Å². The van der Waals surface area contributed by atoms with Gasteiger partial charge in [0.1, 0.15) is 5.82 Å². The first kappa shape index (κ1) is 30.4. The van der Waals surface area contributed by atoms with Crippen LogP contribution in [0.4, 0.5) is 40.8 Å². The summed E-state index contributed by atoms with van der Waals surface area (Å²) in [6, 6.07) is 4.40. The third-order valence-electron chi connectivity index (χ3n) is 5.16. The molecule has 0 fully saturated rings. The molecule has 0 aliphatic rings. The lowest BCUT2D eigenvalue weighted by Gasteiger charge is -2.31. The second-order valence-corrected chi connectivity index (χ2v) is 8.77. The fraction of sp³-hybridized carbons (Fsp3) is 0.304.